The number of pyridine rings is 1. The van der Waals surface area contributed by atoms with E-state index in [2.05, 4.69) is 11.9 Å². The Morgan fingerprint density at radius 3 is 2.72 bits per heavy atom. The minimum Gasteiger partial charge on any atom is -0.384 e. The molecule has 0 aromatic carbocycles. The number of alkyl halides is 3. The summed E-state index contributed by atoms with van der Waals surface area (Å²) in [5.41, 5.74) is 4.73. The summed E-state index contributed by atoms with van der Waals surface area (Å²) in [6.07, 6.45) is -2.31. The number of anilines is 2. The topological polar surface area (TPSA) is 42.1 Å². The quantitative estimate of drug-likeness (QED) is 0.843. The second kappa shape index (κ2) is 4.66. The highest BCUT2D eigenvalue weighted by molar-refractivity contribution is 5.49. The Kier molecular flexibility index (Phi) is 3.36. The van der Waals surface area contributed by atoms with Crippen LogP contribution in [0.2, 0.25) is 0 Å². The summed E-state index contributed by atoms with van der Waals surface area (Å²) in [4.78, 5) is 5.88. The van der Waals surface area contributed by atoms with Crippen molar-refractivity contribution in [1.82, 2.24) is 4.98 Å². The fraction of sp³-hybridized carbons (Fsp3) is 0.583. The molecule has 1 unspecified atom stereocenters. The Morgan fingerprint density at radius 2 is 2.11 bits per heavy atom. The molecular weight excluding hydrogens is 243 g/mol. The highest BCUT2D eigenvalue weighted by Gasteiger charge is 2.32. The second-order valence-corrected chi connectivity index (χ2v) is 4.83. The van der Waals surface area contributed by atoms with Crippen LogP contribution < -0.4 is 10.6 Å². The molecule has 1 aromatic rings. The van der Waals surface area contributed by atoms with Gasteiger partial charge in [0.05, 0.1) is 5.56 Å². The molecule has 0 saturated carbocycles. The van der Waals surface area contributed by atoms with Gasteiger partial charge in [-0.3, -0.25) is 0 Å². The molecule has 6 heteroatoms. The molecule has 1 aliphatic heterocycles. The van der Waals surface area contributed by atoms with Crippen molar-refractivity contribution in [3.05, 3.63) is 17.7 Å². The first kappa shape index (κ1) is 13.0. The highest BCUT2D eigenvalue weighted by atomic mass is 19.4. The van der Waals surface area contributed by atoms with Crippen LogP contribution in [0.5, 0.6) is 0 Å². The van der Waals surface area contributed by atoms with Gasteiger partial charge in [0, 0.05) is 13.1 Å². The minimum atomic E-state index is -4.38. The lowest BCUT2D eigenvalue weighted by Gasteiger charge is -2.32. The van der Waals surface area contributed by atoms with E-state index in [0.29, 0.717) is 11.7 Å². The lowest BCUT2D eigenvalue weighted by molar-refractivity contribution is -0.137. The van der Waals surface area contributed by atoms with Gasteiger partial charge >= 0.3 is 6.18 Å². The minimum absolute atomic E-state index is 0.0851. The first-order valence-corrected chi connectivity index (χ1v) is 5.96. The maximum Gasteiger partial charge on any atom is 0.416 e. The van der Waals surface area contributed by atoms with E-state index in [4.69, 9.17) is 5.73 Å². The zero-order valence-corrected chi connectivity index (χ0v) is 10.2. The van der Waals surface area contributed by atoms with Crippen LogP contribution in [0.4, 0.5) is 24.8 Å². The number of nitrogens with two attached hydrogens (primary N) is 1. The first-order valence-electron chi connectivity index (χ1n) is 5.96. The second-order valence-electron chi connectivity index (χ2n) is 4.83. The predicted molar refractivity (Wildman–Crippen MR) is 64.3 cm³/mol. The number of piperidine rings is 1. The fourth-order valence-corrected chi connectivity index (χ4v) is 2.26. The zero-order valence-electron chi connectivity index (χ0n) is 10.2. The number of halogens is 3. The smallest absolute Gasteiger partial charge is 0.384 e. The van der Waals surface area contributed by atoms with E-state index in [1.165, 1.54) is 0 Å². The molecule has 0 amide bonds. The van der Waals surface area contributed by atoms with Crippen LogP contribution in [-0.2, 0) is 6.18 Å². The molecule has 3 nitrogen and oxygen atoms in total. The SMILES string of the molecule is CC1CCCN(c2cc(C(F)(F)F)cc(N)n2)C1. The molecule has 2 N–H and O–H groups in total. The molecule has 18 heavy (non-hydrogen) atoms. The summed E-state index contributed by atoms with van der Waals surface area (Å²) in [6, 6.07) is 1.95. The lowest BCUT2D eigenvalue weighted by atomic mass is 10.0. The van der Waals surface area contributed by atoms with E-state index >= 15 is 0 Å². The van der Waals surface area contributed by atoms with Crippen molar-refractivity contribution in [3.8, 4) is 0 Å². The normalized spacial score (nSPS) is 21.1. The molecule has 0 spiro atoms. The zero-order chi connectivity index (χ0) is 13.3. The van der Waals surface area contributed by atoms with E-state index in [0.717, 1.165) is 38.1 Å². The lowest BCUT2D eigenvalue weighted by Crippen LogP contribution is -2.35. The van der Waals surface area contributed by atoms with Crippen LogP contribution in [0.1, 0.15) is 25.3 Å². The van der Waals surface area contributed by atoms with Crippen molar-refractivity contribution in [2.45, 2.75) is 25.9 Å². The molecule has 0 aliphatic carbocycles. The number of rotatable bonds is 1. The highest BCUT2D eigenvalue weighted by Crippen LogP contribution is 2.33. The van der Waals surface area contributed by atoms with Gasteiger partial charge in [0.2, 0.25) is 0 Å². The molecule has 0 radical (unpaired) electrons. The average molecular weight is 259 g/mol. The van der Waals surface area contributed by atoms with Gasteiger partial charge < -0.3 is 10.6 Å². The summed E-state index contributed by atoms with van der Waals surface area (Å²) < 4.78 is 38.1. The van der Waals surface area contributed by atoms with Crippen molar-refractivity contribution in [2.24, 2.45) is 5.92 Å². The van der Waals surface area contributed by atoms with E-state index in [9.17, 15) is 13.2 Å². The summed E-state index contributed by atoms with van der Waals surface area (Å²) in [5.74, 6) is 0.711. The van der Waals surface area contributed by atoms with Crippen LogP contribution in [0, 0.1) is 5.92 Å². The third kappa shape index (κ3) is 2.86. The third-order valence-corrected chi connectivity index (χ3v) is 3.14. The van der Waals surface area contributed by atoms with E-state index in [1.807, 2.05) is 4.90 Å². The summed E-state index contributed by atoms with van der Waals surface area (Å²) in [6.45, 7) is 3.55. The van der Waals surface area contributed by atoms with Crippen molar-refractivity contribution in [1.29, 1.82) is 0 Å². The van der Waals surface area contributed by atoms with Gasteiger partial charge in [0.15, 0.2) is 0 Å². The molecule has 100 valence electrons. The van der Waals surface area contributed by atoms with Crippen LogP contribution in [0.15, 0.2) is 12.1 Å². The van der Waals surface area contributed by atoms with Crippen LogP contribution in [-0.4, -0.2) is 18.1 Å². The van der Waals surface area contributed by atoms with E-state index in [-0.39, 0.29) is 5.82 Å². The molecule has 0 bridgehead atoms. The maximum atomic E-state index is 12.7. The maximum absolute atomic E-state index is 12.7. The van der Waals surface area contributed by atoms with Gasteiger partial charge in [0.25, 0.3) is 0 Å². The number of nitrogen functional groups attached to an aromatic ring is 1. The van der Waals surface area contributed by atoms with Gasteiger partial charge in [-0.1, -0.05) is 6.92 Å². The van der Waals surface area contributed by atoms with Gasteiger partial charge in [-0.25, -0.2) is 4.98 Å². The number of nitrogens with zero attached hydrogens (tertiary/aromatic N) is 2. The monoisotopic (exact) mass is 259 g/mol. The predicted octanol–water partition coefficient (Wildman–Crippen LogP) is 2.92. The Labute approximate surface area is 104 Å². The molecule has 2 heterocycles. The van der Waals surface area contributed by atoms with Gasteiger partial charge in [-0.2, -0.15) is 13.2 Å². The van der Waals surface area contributed by atoms with Crippen molar-refractivity contribution >= 4 is 11.6 Å². The summed E-state index contributed by atoms with van der Waals surface area (Å²) in [7, 11) is 0. The first-order chi connectivity index (χ1) is 8.36. The standard InChI is InChI=1S/C12H16F3N3/c1-8-3-2-4-18(7-8)11-6-9(12(13,14)15)5-10(16)17-11/h5-6,8H,2-4,7H2,1H3,(H2,16,17). The van der Waals surface area contributed by atoms with Crippen LogP contribution in [0.25, 0.3) is 0 Å². The summed E-state index contributed by atoms with van der Waals surface area (Å²) >= 11 is 0. The number of hydrogen-bond acceptors (Lipinski definition) is 3. The molecule has 1 fully saturated rings. The van der Waals surface area contributed by atoms with Gasteiger partial charge in [-0.05, 0) is 30.9 Å². The molecule has 1 aliphatic rings. The average Bonchev–Trinajstić information content (AvgIpc) is 2.27. The van der Waals surface area contributed by atoms with Gasteiger partial charge in [-0.15, -0.1) is 0 Å². The molecular formula is C12H16F3N3. The van der Waals surface area contributed by atoms with E-state index in [1.54, 1.807) is 0 Å². The number of aromatic nitrogens is 1. The van der Waals surface area contributed by atoms with Crippen molar-refractivity contribution in [2.75, 3.05) is 23.7 Å². The Hall–Kier alpha value is -1.46. The Balaban J connectivity index is 2.30. The Morgan fingerprint density at radius 1 is 1.39 bits per heavy atom. The molecule has 1 saturated heterocycles. The van der Waals surface area contributed by atoms with Gasteiger partial charge in [0.1, 0.15) is 11.6 Å². The van der Waals surface area contributed by atoms with Crippen molar-refractivity contribution in [3.63, 3.8) is 0 Å². The third-order valence-electron chi connectivity index (χ3n) is 3.14. The number of hydrogen-bond donors (Lipinski definition) is 1. The fourth-order valence-electron chi connectivity index (χ4n) is 2.26. The van der Waals surface area contributed by atoms with E-state index < -0.39 is 11.7 Å². The summed E-state index contributed by atoms with van der Waals surface area (Å²) in [5, 5.41) is 0. The molecule has 1 atom stereocenters. The van der Waals surface area contributed by atoms with Crippen LogP contribution in [0.3, 0.4) is 0 Å². The Bertz CT molecular complexity index is 431. The molecule has 2 rings (SSSR count). The molecule has 1 aromatic heterocycles. The van der Waals surface area contributed by atoms with Crippen LogP contribution >= 0.6 is 0 Å². The van der Waals surface area contributed by atoms with Crippen molar-refractivity contribution < 1.29 is 13.2 Å². The largest absolute Gasteiger partial charge is 0.416 e.